The van der Waals surface area contributed by atoms with Crippen molar-refractivity contribution < 1.29 is 4.79 Å². The molecule has 6 nitrogen and oxygen atoms in total. The number of carbonyl (C=O) groups excluding carboxylic acids is 1. The van der Waals surface area contributed by atoms with E-state index in [1.165, 1.54) is 18.4 Å². The van der Waals surface area contributed by atoms with Crippen LogP contribution >= 0.6 is 24.0 Å². The lowest BCUT2D eigenvalue weighted by Crippen LogP contribution is -2.45. The van der Waals surface area contributed by atoms with Crippen LogP contribution in [-0.2, 0) is 11.3 Å². The van der Waals surface area contributed by atoms with Crippen LogP contribution < -0.4 is 10.6 Å². The molecule has 0 aliphatic carbocycles. The van der Waals surface area contributed by atoms with Crippen LogP contribution in [0.15, 0.2) is 35.3 Å². The van der Waals surface area contributed by atoms with Crippen LogP contribution in [0, 0.1) is 0 Å². The standard InChI is InChI=1S/C21H33N5O.HI/c1-2-22-21(24-16-20(27)25-12-6-7-13-25)23-15-19-11-8-14-26(19)17-18-9-4-3-5-10-18;/h3-5,9-10,19H,2,6-8,11-17H2,1H3,(H2,22,23,24);1H. The predicted octanol–water partition coefficient (Wildman–Crippen LogP) is 2.45. The SMILES string of the molecule is CCNC(=NCC(=O)N1CCCC1)NCC1CCCN1Cc1ccccc1.I. The first-order chi connectivity index (χ1) is 13.3. The molecule has 2 fully saturated rings. The first-order valence-corrected chi connectivity index (χ1v) is 10.3. The monoisotopic (exact) mass is 499 g/mol. The van der Waals surface area contributed by atoms with Crippen molar-refractivity contribution in [3.05, 3.63) is 35.9 Å². The number of nitrogens with zero attached hydrogens (tertiary/aromatic N) is 3. The zero-order valence-corrected chi connectivity index (χ0v) is 19.2. The highest BCUT2D eigenvalue weighted by Gasteiger charge is 2.24. The van der Waals surface area contributed by atoms with E-state index in [2.05, 4.69) is 57.8 Å². The normalized spacial score (nSPS) is 20.1. The number of aliphatic imine (C=N–C) groups is 1. The third-order valence-electron chi connectivity index (χ3n) is 5.41. The first kappa shape index (κ1) is 22.9. The smallest absolute Gasteiger partial charge is 0.244 e. The zero-order valence-electron chi connectivity index (χ0n) is 16.9. The third kappa shape index (κ3) is 6.92. The number of amides is 1. The Bertz CT molecular complexity index is 618. The molecule has 2 aliphatic rings. The van der Waals surface area contributed by atoms with Gasteiger partial charge in [0.05, 0.1) is 0 Å². The maximum absolute atomic E-state index is 12.2. The van der Waals surface area contributed by atoms with Crippen LogP contribution in [0.2, 0.25) is 0 Å². The van der Waals surface area contributed by atoms with Gasteiger partial charge in [-0.1, -0.05) is 30.3 Å². The molecule has 1 atom stereocenters. The minimum atomic E-state index is 0. The Morgan fingerprint density at radius 1 is 1.11 bits per heavy atom. The van der Waals surface area contributed by atoms with Crippen molar-refractivity contribution in [1.82, 2.24) is 20.4 Å². The Labute approximate surface area is 186 Å². The molecule has 7 heteroatoms. The van der Waals surface area contributed by atoms with Crippen molar-refractivity contribution in [2.24, 2.45) is 4.99 Å². The highest BCUT2D eigenvalue weighted by molar-refractivity contribution is 14.0. The molecule has 1 aromatic carbocycles. The molecule has 2 aliphatic heterocycles. The van der Waals surface area contributed by atoms with Gasteiger partial charge in [-0.25, -0.2) is 4.99 Å². The van der Waals surface area contributed by atoms with Gasteiger partial charge in [0, 0.05) is 38.8 Å². The van der Waals surface area contributed by atoms with Gasteiger partial charge in [-0.3, -0.25) is 9.69 Å². The predicted molar refractivity (Wildman–Crippen MR) is 125 cm³/mol. The molecule has 1 unspecified atom stereocenters. The van der Waals surface area contributed by atoms with Gasteiger partial charge in [-0.2, -0.15) is 0 Å². The van der Waals surface area contributed by atoms with Crippen molar-refractivity contribution in [2.75, 3.05) is 39.3 Å². The van der Waals surface area contributed by atoms with Crippen LogP contribution in [0.25, 0.3) is 0 Å². The van der Waals surface area contributed by atoms with Gasteiger partial charge in [0.1, 0.15) is 6.54 Å². The number of rotatable bonds is 7. The summed E-state index contributed by atoms with van der Waals surface area (Å²) in [6, 6.07) is 11.2. The van der Waals surface area contributed by atoms with Crippen LogP contribution in [0.4, 0.5) is 0 Å². The minimum Gasteiger partial charge on any atom is -0.357 e. The van der Waals surface area contributed by atoms with E-state index in [4.69, 9.17) is 0 Å². The van der Waals surface area contributed by atoms with Crippen molar-refractivity contribution in [1.29, 1.82) is 0 Å². The summed E-state index contributed by atoms with van der Waals surface area (Å²) < 4.78 is 0. The lowest BCUT2D eigenvalue weighted by Gasteiger charge is -2.25. The number of benzene rings is 1. The third-order valence-corrected chi connectivity index (χ3v) is 5.41. The van der Waals surface area contributed by atoms with E-state index in [-0.39, 0.29) is 36.4 Å². The fraction of sp³-hybridized carbons (Fsp3) is 0.619. The number of hydrogen-bond acceptors (Lipinski definition) is 3. The molecular weight excluding hydrogens is 465 g/mol. The van der Waals surface area contributed by atoms with Gasteiger partial charge in [-0.15, -0.1) is 24.0 Å². The molecule has 2 heterocycles. The average molecular weight is 499 g/mol. The molecule has 0 spiro atoms. The van der Waals surface area contributed by atoms with Gasteiger partial charge in [0.2, 0.25) is 5.91 Å². The molecule has 0 bridgehead atoms. The lowest BCUT2D eigenvalue weighted by molar-refractivity contribution is -0.128. The largest absolute Gasteiger partial charge is 0.357 e. The molecule has 0 aromatic heterocycles. The van der Waals surface area contributed by atoms with E-state index in [9.17, 15) is 4.79 Å². The van der Waals surface area contributed by atoms with E-state index in [0.717, 1.165) is 58.1 Å². The van der Waals surface area contributed by atoms with E-state index in [1.54, 1.807) is 0 Å². The zero-order chi connectivity index (χ0) is 18.9. The Balaban J connectivity index is 0.00000280. The molecule has 0 saturated carbocycles. The second-order valence-electron chi connectivity index (χ2n) is 7.42. The van der Waals surface area contributed by atoms with Gasteiger partial charge < -0.3 is 15.5 Å². The molecule has 156 valence electrons. The fourth-order valence-corrected chi connectivity index (χ4v) is 3.92. The maximum Gasteiger partial charge on any atom is 0.244 e. The molecule has 28 heavy (non-hydrogen) atoms. The summed E-state index contributed by atoms with van der Waals surface area (Å²) in [5.41, 5.74) is 1.36. The number of likely N-dealkylation sites (tertiary alicyclic amines) is 2. The van der Waals surface area contributed by atoms with E-state index in [0.29, 0.717) is 6.04 Å². The molecule has 3 rings (SSSR count). The summed E-state index contributed by atoms with van der Waals surface area (Å²) in [5, 5.41) is 6.72. The molecule has 2 N–H and O–H groups in total. The van der Waals surface area contributed by atoms with Crippen LogP contribution in [0.1, 0.15) is 38.2 Å². The average Bonchev–Trinajstić information content (AvgIpc) is 3.37. The molecule has 1 amide bonds. The van der Waals surface area contributed by atoms with E-state index < -0.39 is 0 Å². The van der Waals surface area contributed by atoms with Gasteiger partial charge in [-0.05, 0) is 44.7 Å². The number of guanidine groups is 1. The van der Waals surface area contributed by atoms with E-state index in [1.807, 2.05) is 4.90 Å². The van der Waals surface area contributed by atoms with Crippen LogP contribution in [0.5, 0.6) is 0 Å². The summed E-state index contributed by atoms with van der Waals surface area (Å²) in [6.07, 6.45) is 4.67. The molecular formula is C21H34IN5O. The second-order valence-corrected chi connectivity index (χ2v) is 7.42. The number of halogens is 1. The Hall–Kier alpha value is -1.35. The summed E-state index contributed by atoms with van der Waals surface area (Å²) in [4.78, 5) is 21.2. The lowest BCUT2D eigenvalue weighted by atomic mass is 10.2. The summed E-state index contributed by atoms with van der Waals surface area (Å²) in [7, 11) is 0. The number of carbonyl (C=O) groups is 1. The number of hydrogen-bond donors (Lipinski definition) is 2. The second kappa shape index (κ2) is 12.3. The highest BCUT2D eigenvalue weighted by Crippen LogP contribution is 2.19. The first-order valence-electron chi connectivity index (χ1n) is 10.3. The Kier molecular flexibility index (Phi) is 10.0. The molecule has 2 saturated heterocycles. The van der Waals surface area contributed by atoms with Crippen molar-refractivity contribution in [3.63, 3.8) is 0 Å². The van der Waals surface area contributed by atoms with Crippen molar-refractivity contribution >= 4 is 35.8 Å². The maximum atomic E-state index is 12.2. The molecule has 0 radical (unpaired) electrons. The van der Waals surface area contributed by atoms with Gasteiger partial charge in [0.15, 0.2) is 5.96 Å². The summed E-state index contributed by atoms with van der Waals surface area (Å²) in [5.74, 6) is 0.882. The minimum absolute atomic E-state index is 0. The fourth-order valence-electron chi connectivity index (χ4n) is 3.92. The Morgan fingerprint density at radius 3 is 2.57 bits per heavy atom. The van der Waals surface area contributed by atoms with Crippen LogP contribution in [-0.4, -0.2) is 67.0 Å². The topological polar surface area (TPSA) is 60.0 Å². The summed E-state index contributed by atoms with van der Waals surface area (Å²) >= 11 is 0. The Morgan fingerprint density at radius 2 is 1.86 bits per heavy atom. The number of nitrogens with one attached hydrogen (secondary N) is 2. The van der Waals surface area contributed by atoms with Crippen molar-refractivity contribution in [3.8, 4) is 0 Å². The van der Waals surface area contributed by atoms with E-state index >= 15 is 0 Å². The van der Waals surface area contributed by atoms with Crippen molar-refractivity contribution in [2.45, 2.75) is 45.2 Å². The van der Waals surface area contributed by atoms with Gasteiger partial charge in [0.25, 0.3) is 0 Å². The van der Waals surface area contributed by atoms with Gasteiger partial charge >= 0.3 is 0 Å². The van der Waals surface area contributed by atoms with Crippen LogP contribution in [0.3, 0.4) is 0 Å². The molecule has 1 aromatic rings. The quantitative estimate of drug-likeness (QED) is 0.344. The summed E-state index contributed by atoms with van der Waals surface area (Å²) in [6.45, 7) is 7.84. The highest BCUT2D eigenvalue weighted by atomic mass is 127.